The number of amides is 3. The quantitative estimate of drug-likeness (QED) is 0.256. The molecule has 0 spiro atoms. The van der Waals surface area contributed by atoms with Crippen LogP contribution in [0.1, 0.15) is 116 Å². The Morgan fingerprint density at radius 3 is 2.27 bits per heavy atom. The van der Waals surface area contributed by atoms with E-state index in [2.05, 4.69) is 24.5 Å². The van der Waals surface area contributed by atoms with Gasteiger partial charge in [-0.15, -0.1) is 0 Å². The number of alkyl carbamates (subject to hydrolysis) is 1. The first kappa shape index (κ1) is 35.0. The first-order valence-corrected chi connectivity index (χ1v) is 16.8. The summed E-state index contributed by atoms with van der Waals surface area (Å²) < 4.78 is 5.54. The molecule has 3 amide bonds. The Balaban J connectivity index is 2.59. The minimum Gasteiger partial charge on any atom is -0.444 e. The Morgan fingerprint density at radius 1 is 1.02 bits per heavy atom. The van der Waals surface area contributed by atoms with E-state index >= 15 is 0 Å². The van der Waals surface area contributed by atoms with Crippen molar-refractivity contribution in [3.8, 4) is 0 Å². The third-order valence-corrected chi connectivity index (χ3v) is 8.34. The van der Waals surface area contributed by atoms with Crippen LogP contribution in [0.25, 0.3) is 0 Å². The van der Waals surface area contributed by atoms with Crippen LogP contribution in [0.5, 0.6) is 0 Å². The number of nitrogens with one attached hydrogen (secondary N) is 2. The fraction of sp³-hybridized carbons (Fsp3) is 0.727. The highest BCUT2D eigenvalue weighted by atomic mass is 32.2. The van der Waals surface area contributed by atoms with E-state index in [4.69, 9.17) is 4.74 Å². The van der Waals surface area contributed by atoms with Gasteiger partial charge in [-0.3, -0.25) is 9.59 Å². The topological polar surface area (TPSA) is 87.7 Å². The molecule has 3 unspecified atom stereocenters. The Hall–Kier alpha value is -2.22. The van der Waals surface area contributed by atoms with Crippen molar-refractivity contribution >= 4 is 29.7 Å². The van der Waals surface area contributed by atoms with Gasteiger partial charge in [0.25, 0.3) is 0 Å². The van der Waals surface area contributed by atoms with E-state index in [-0.39, 0.29) is 23.9 Å². The van der Waals surface area contributed by atoms with Gasteiger partial charge in [0.1, 0.15) is 17.7 Å². The van der Waals surface area contributed by atoms with E-state index in [0.29, 0.717) is 18.1 Å². The largest absolute Gasteiger partial charge is 0.444 e. The van der Waals surface area contributed by atoms with Gasteiger partial charge in [-0.25, -0.2) is 4.79 Å². The maximum Gasteiger partial charge on any atom is 0.408 e. The second-order valence-corrected chi connectivity index (χ2v) is 14.1. The Bertz CT molecular complexity index is 1000. The van der Waals surface area contributed by atoms with E-state index in [1.54, 1.807) is 37.4 Å². The van der Waals surface area contributed by atoms with E-state index in [1.807, 2.05) is 45.2 Å². The van der Waals surface area contributed by atoms with Gasteiger partial charge in [0, 0.05) is 12.1 Å². The van der Waals surface area contributed by atoms with Crippen molar-refractivity contribution in [1.29, 1.82) is 0 Å². The van der Waals surface area contributed by atoms with Gasteiger partial charge in [-0.05, 0) is 103 Å². The molecule has 0 saturated heterocycles. The van der Waals surface area contributed by atoms with Crippen molar-refractivity contribution in [2.45, 2.75) is 137 Å². The van der Waals surface area contributed by atoms with Gasteiger partial charge in [0.2, 0.25) is 11.8 Å². The van der Waals surface area contributed by atoms with Crippen LogP contribution in [0.2, 0.25) is 0 Å². The molecule has 2 rings (SSSR count). The molecular formula is C33H55N3O4S. The summed E-state index contributed by atoms with van der Waals surface area (Å²) >= 11 is 1.62. The molecule has 0 aliphatic heterocycles. The molecular weight excluding hydrogens is 534 g/mol. The molecule has 8 heteroatoms. The zero-order chi connectivity index (χ0) is 30.7. The fourth-order valence-electron chi connectivity index (χ4n) is 5.43. The van der Waals surface area contributed by atoms with Crippen molar-refractivity contribution < 1.29 is 19.1 Å². The van der Waals surface area contributed by atoms with E-state index < -0.39 is 23.8 Å². The van der Waals surface area contributed by atoms with Gasteiger partial charge in [0.05, 0.1) is 0 Å². The molecule has 0 radical (unpaired) electrons. The summed E-state index contributed by atoms with van der Waals surface area (Å²) in [5.41, 5.74) is 2.15. The number of hydrogen-bond donors (Lipinski definition) is 2. The van der Waals surface area contributed by atoms with Crippen molar-refractivity contribution in [1.82, 2.24) is 15.5 Å². The van der Waals surface area contributed by atoms with E-state index in [9.17, 15) is 14.4 Å². The molecule has 0 heterocycles. The Morgan fingerprint density at radius 2 is 1.68 bits per heavy atom. The van der Waals surface area contributed by atoms with Crippen molar-refractivity contribution in [3.63, 3.8) is 0 Å². The Labute approximate surface area is 253 Å². The summed E-state index contributed by atoms with van der Waals surface area (Å²) in [4.78, 5) is 43.6. The zero-order valence-electron chi connectivity index (χ0n) is 27.0. The molecule has 2 N–H and O–H groups in total. The average molecular weight is 590 g/mol. The third kappa shape index (κ3) is 11.5. The van der Waals surface area contributed by atoms with Crippen molar-refractivity contribution in [2.24, 2.45) is 5.92 Å². The molecule has 1 fully saturated rings. The van der Waals surface area contributed by atoms with Crippen LogP contribution in [0.4, 0.5) is 4.79 Å². The van der Waals surface area contributed by atoms with Crippen LogP contribution in [0.3, 0.4) is 0 Å². The lowest BCUT2D eigenvalue weighted by Gasteiger charge is -2.40. The van der Waals surface area contributed by atoms with Crippen molar-refractivity contribution in [3.05, 3.63) is 34.9 Å². The molecule has 7 nitrogen and oxygen atoms in total. The number of hydrogen-bond acceptors (Lipinski definition) is 5. The predicted octanol–water partition coefficient (Wildman–Crippen LogP) is 7.09. The van der Waals surface area contributed by atoms with Gasteiger partial charge in [0.15, 0.2) is 0 Å². The summed E-state index contributed by atoms with van der Waals surface area (Å²) in [7, 11) is 0. The third-order valence-electron chi connectivity index (χ3n) is 7.70. The minimum absolute atomic E-state index is 0.110. The molecule has 0 bridgehead atoms. The average Bonchev–Trinajstić information content (AvgIpc) is 2.88. The number of nitrogens with zero attached hydrogens (tertiary/aromatic N) is 1. The number of aryl methyl sites for hydroxylation is 2. The maximum atomic E-state index is 14.6. The van der Waals surface area contributed by atoms with Crippen LogP contribution in [-0.2, 0) is 14.3 Å². The molecule has 1 aromatic carbocycles. The molecule has 232 valence electrons. The minimum atomic E-state index is -0.811. The summed E-state index contributed by atoms with van der Waals surface area (Å²) in [6.45, 7) is 15.8. The van der Waals surface area contributed by atoms with Gasteiger partial charge in [-0.2, -0.15) is 11.8 Å². The summed E-state index contributed by atoms with van der Waals surface area (Å²) in [5, 5.41) is 6.19. The summed E-state index contributed by atoms with van der Waals surface area (Å²) in [5.74, 6) is 0.752. The molecule has 1 aliphatic rings. The number of rotatable bonds is 13. The molecule has 1 aromatic rings. The zero-order valence-corrected chi connectivity index (χ0v) is 27.8. The summed E-state index contributed by atoms with van der Waals surface area (Å²) in [6.07, 6.45) is 8.78. The molecule has 0 aromatic heterocycles. The highest BCUT2D eigenvalue weighted by Gasteiger charge is 2.40. The molecule has 1 aliphatic carbocycles. The predicted molar refractivity (Wildman–Crippen MR) is 170 cm³/mol. The van der Waals surface area contributed by atoms with Crippen LogP contribution < -0.4 is 10.6 Å². The van der Waals surface area contributed by atoms with E-state index in [0.717, 1.165) is 55.2 Å². The van der Waals surface area contributed by atoms with Crippen LogP contribution in [0, 0.1) is 19.8 Å². The van der Waals surface area contributed by atoms with Crippen LogP contribution in [-0.4, -0.2) is 58.5 Å². The maximum absolute atomic E-state index is 14.6. The normalized spacial score (nSPS) is 16.5. The van der Waals surface area contributed by atoms with Gasteiger partial charge in [-0.1, -0.05) is 56.9 Å². The molecule has 1 saturated carbocycles. The first-order chi connectivity index (χ1) is 19.2. The highest BCUT2D eigenvalue weighted by molar-refractivity contribution is 7.98. The lowest BCUT2D eigenvalue weighted by atomic mass is 9.91. The SMILES string of the molecule is CSCCC(NC(=O)OC(C)(C)C)C(=O)N(C(C)CCC(C)C)C(C(=O)NC1CCCCC1)c1cc(C)ccc1C. The number of carbonyl (C=O) groups excluding carboxylic acids is 3. The number of thioether (sulfide) groups is 1. The monoisotopic (exact) mass is 589 g/mol. The number of benzene rings is 1. The second-order valence-electron chi connectivity index (χ2n) is 13.2. The van der Waals surface area contributed by atoms with Gasteiger partial charge < -0.3 is 20.3 Å². The van der Waals surface area contributed by atoms with Gasteiger partial charge >= 0.3 is 6.09 Å². The number of ether oxygens (including phenoxy) is 1. The van der Waals surface area contributed by atoms with Crippen LogP contribution in [0.15, 0.2) is 18.2 Å². The Kier molecular flexibility index (Phi) is 14.0. The lowest BCUT2D eigenvalue weighted by Crippen LogP contribution is -2.56. The fourth-order valence-corrected chi connectivity index (χ4v) is 5.91. The molecule has 41 heavy (non-hydrogen) atoms. The van der Waals surface area contributed by atoms with Crippen molar-refractivity contribution in [2.75, 3.05) is 12.0 Å². The summed E-state index contributed by atoms with van der Waals surface area (Å²) in [6, 6.07) is 4.38. The lowest BCUT2D eigenvalue weighted by molar-refractivity contribution is -0.145. The first-order valence-electron chi connectivity index (χ1n) is 15.4. The number of carbonyl (C=O) groups is 3. The molecule has 3 atom stereocenters. The van der Waals surface area contributed by atoms with Crippen LogP contribution >= 0.6 is 11.8 Å². The van der Waals surface area contributed by atoms with E-state index in [1.165, 1.54) is 6.42 Å². The standard InChI is InChI=1S/C33H55N3O4S/c1-22(2)15-18-25(5)36(31(38)28(19-20-41-9)35-32(39)40-33(6,7)8)29(27-21-23(3)16-17-24(27)4)30(37)34-26-13-11-10-12-14-26/h16-17,21-22,25-26,28-29H,10-15,18-20H2,1-9H3,(H,34,37)(H,35,39). The smallest absolute Gasteiger partial charge is 0.408 e. The second kappa shape index (κ2) is 16.4. The highest BCUT2D eigenvalue weighted by Crippen LogP contribution is 2.31.